The van der Waals surface area contributed by atoms with Gasteiger partial charge in [0.25, 0.3) is 0 Å². The van der Waals surface area contributed by atoms with E-state index in [2.05, 4.69) is 83.7 Å². The molecule has 40 heavy (non-hydrogen) atoms. The summed E-state index contributed by atoms with van der Waals surface area (Å²) in [4.78, 5) is 13.9. The van der Waals surface area contributed by atoms with Crippen LogP contribution in [-0.2, 0) is 30.6 Å². The van der Waals surface area contributed by atoms with Crippen LogP contribution in [0.5, 0.6) is 0 Å². The van der Waals surface area contributed by atoms with Gasteiger partial charge in [-0.15, -0.1) is 0 Å². The molecule has 0 spiro atoms. The van der Waals surface area contributed by atoms with Crippen molar-refractivity contribution in [1.82, 2.24) is 4.57 Å². The van der Waals surface area contributed by atoms with Crippen LogP contribution in [-0.4, -0.2) is 27.2 Å². The number of benzene rings is 2. The molecule has 2 unspecified atom stereocenters. The summed E-state index contributed by atoms with van der Waals surface area (Å²) in [6.45, 7) is 6.09. The molecule has 1 aliphatic heterocycles. The fraction of sp³-hybridized carbons (Fsp3) is 0.333. The molecule has 2 heterocycles. The van der Waals surface area contributed by atoms with Gasteiger partial charge in [-0.3, -0.25) is 4.79 Å². The highest BCUT2D eigenvalue weighted by molar-refractivity contribution is 6.39. The molecule has 1 fully saturated rings. The zero-order chi connectivity index (χ0) is 27.4. The van der Waals surface area contributed by atoms with Crippen molar-refractivity contribution in [3.63, 3.8) is 0 Å². The van der Waals surface area contributed by atoms with E-state index in [4.69, 9.17) is 0 Å². The molecule has 0 N–H and O–H groups in total. The first-order valence-corrected chi connectivity index (χ1v) is 14.9. The van der Waals surface area contributed by atoms with E-state index in [0.717, 1.165) is 63.0 Å². The van der Waals surface area contributed by atoms with Crippen molar-refractivity contribution in [3.05, 3.63) is 123 Å². The van der Waals surface area contributed by atoms with Crippen molar-refractivity contribution in [2.45, 2.75) is 64.8 Å². The van der Waals surface area contributed by atoms with Crippen LogP contribution in [0, 0.1) is 5.92 Å². The topological polar surface area (TPSA) is 48.1 Å². The Morgan fingerprint density at radius 1 is 0.875 bits per heavy atom. The maximum absolute atomic E-state index is 13.9. The smallest absolute Gasteiger partial charge is 0.216 e. The first kappa shape index (κ1) is 25.1. The van der Waals surface area contributed by atoms with Gasteiger partial charge in [-0.25, -0.2) is 0 Å². The third kappa shape index (κ3) is 4.04. The van der Waals surface area contributed by atoms with Crippen LogP contribution in [0.1, 0.15) is 67.1 Å². The van der Waals surface area contributed by atoms with E-state index in [0.29, 0.717) is 23.0 Å². The van der Waals surface area contributed by atoms with E-state index in [-0.39, 0.29) is 11.5 Å². The zero-order valence-electron chi connectivity index (χ0n) is 23.5. The van der Waals surface area contributed by atoms with Gasteiger partial charge in [-0.1, -0.05) is 80.3 Å². The quantitative estimate of drug-likeness (QED) is 0.289. The number of hydrogen-bond acceptors (Lipinski definition) is 2. The minimum atomic E-state index is -0.0837. The van der Waals surface area contributed by atoms with Gasteiger partial charge in [0.2, 0.25) is 11.5 Å². The van der Waals surface area contributed by atoms with E-state index in [1.807, 2.05) is 12.1 Å². The monoisotopic (exact) mass is 528 g/mol. The number of aromatic nitrogens is 1. The van der Waals surface area contributed by atoms with Gasteiger partial charge in [-0.05, 0) is 60.8 Å². The van der Waals surface area contributed by atoms with Gasteiger partial charge in [0.1, 0.15) is 0 Å². The lowest BCUT2D eigenvalue weighted by Crippen LogP contribution is -2.34. The average Bonchev–Trinajstić information content (AvgIpc) is 3.71. The third-order valence-corrected chi connectivity index (χ3v) is 9.42. The minimum absolute atomic E-state index is 0.0837. The highest BCUT2D eigenvalue weighted by atomic mass is 16.3. The van der Waals surface area contributed by atoms with Crippen LogP contribution in [0.15, 0.2) is 95.4 Å². The predicted molar refractivity (Wildman–Crippen MR) is 157 cm³/mol. The van der Waals surface area contributed by atoms with Gasteiger partial charge in [0, 0.05) is 41.8 Å². The standard InChI is InChI=1S/C36H36N2O2/c1-23-13-15-27-21-29(37(33(23)27)19-17-25-9-5-3-6-10-25)31-35(39)32(36(31)40)30-22-28-16-14-24(2)34(28)38(30)20-18-26-11-7-4-8-12-26/h3-12,21-24H,13-20H2,1-2H3. The predicted octanol–water partition coefficient (Wildman–Crippen LogP) is 5.75. The molecule has 2 aromatic carbocycles. The summed E-state index contributed by atoms with van der Waals surface area (Å²) in [6.07, 6.45) is 8.18. The molecule has 0 bridgehead atoms. The highest BCUT2D eigenvalue weighted by Gasteiger charge is 2.44. The Bertz CT molecular complexity index is 1630. The molecule has 2 atom stereocenters. The van der Waals surface area contributed by atoms with Gasteiger partial charge in [0.05, 0.1) is 11.3 Å². The molecule has 4 aliphatic rings. The second-order valence-electron chi connectivity index (χ2n) is 11.9. The Hall–Kier alpha value is -3.92. The lowest BCUT2D eigenvalue weighted by atomic mass is 9.84. The van der Waals surface area contributed by atoms with E-state index >= 15 is 0 Å². The molecule has 0 saturated heterocycles. The number of carbonyl (C=O) groups excluding carboxylic acids is 1. The Labute approximate surface area is 236 Å². The number of rotatable bonds is 7. The summed E-state index contributed by atoms with van der Waals surface area (Å²) in [5.74, 6) is 0.709. The van der Waals surface area contributed by atoms with E-state index < -0.39 is 0 Å². The molecular weight excluding hydrogens is 492 g/mol. The molecule has 1 saturated carbocycles. The molecule has 202 valence electrons. The second kappa shape index (κ2) is 9.92. The zero-order valence-corrected chi connectivity index (χ0v) is 23.5. The summed E-state index contributed by atoms with van der Waals surface area (Å²) in [7, 11) is 0. The van der Waals surface area contributed by atoms with E-state index in [1.165, 1.54) is 33.7 Å². The van der Waals surface area contributed by atoms with Gasteiger partial charge >= 0.3 is 0 Å². The number of hydrogen-bond donors (Lipinski definition) is 0. The number of nitrogens with zero attached hydrogens (tertiary/aromatic N) is 2. The summed E-state index contributed by atoms with van der Waals surface area (Å²) < 4.78 is 4.58. The molecule has 3 aromatic rings. The molecule has 7 rings (SSSR count). The van der Waals surface area contributed by atoms with Crippen molar-refractivity contribution in [3.8, 4) is 0 Å². The summed E-state index contributed by atoms with van der Waals surface area (Å²) in [5, 5.41) is 13.9. The molecule has 4 nitrogen and oxygen atoms in total. The van der Waals surface area contributed by atoms with Gasteiger partial charge in [0.15, 0.2) is 12.3 Å². The Morgan fingerprint density at radius 2 is 1.55 bits per heavy atom. The van der Waals surface area contributed by atoms with E-state index in [9.17, 15) is 9.90 Å². The van der Waals surface area contributed by atoms with Crippen LogP contribution in [0.2, 0.25) is 0 Å². The minimum Gasteiger partial charge on any atom is -0.871 e. The number of ketones is 1. The number of fused-ring (bicyclic) bond motifs is 2. The third-order valence-electron chi connectivity index (χ3n) is 9.42. The number of aryl methyl sites for hydroxylation is 2. The first-order chi connectivity index (χ1) is 19.5. The molecule has 0 amide bonds. The summed E-state index contributed by atoms with van der Waals surface area (Å²) >= 11 is 0. The van der Waals surface area contributed by atoms with Crippen molar-refractivity contribution in [1.29, 1.82) is 0 Å². The van der Waals surface area contributed by atoms with Crippen molar-refractivity contribution < 1.29 is 14.5 Å². The molecule has 1 aromatic heterocycles. The van der Waals surface area contributed by atoms with Crippen molar-refractivity contribution in [2.75, 3.05) is 6.54 Å². The molecule has 3 aliphatic carbocycles. The van der Waals surface area contributed by atoms with Crippen LogP contribution >= 0.6 is 0 Å². The van der Waals surface area contributed by atoms with Gasteiger partial charge < -0.3 is 9.67 Å². The number of carbonyl (C=O) groups is 1. The first-order valence-electron chi connectivity index (χ1n) is 14.9. The lowest BCUT2D eigenvalue weighted by molar-refractivity contribution is -0.471. The second-order valence-corrected chi connectivity index (χ2v) is 11.9. The van der Waals surface area contributed by atoms with Gasteiger partial charge in [-0.2, -0.15) is 4.58 Å². The number of Topliss-reactive ketones (excluding diaryl/α,β-unsaturated/α-hetero) is 1. The lowest BCUT2D eigenvalue weighted by Gasteiger charge is -2.31. The summed E-state index contributed by atoms with van der Waals surface area (Å²) in [6, 6.07) is 23.1. The number of allylic oxidation sites excluding steroid dienone is 4. The Morgan fingerprint density at radius 3 is 2.25 bits per heavy atom. The van der Waals surface area contributed by atoms with E-state index in [1.54, 1.807) is 0 Å². The average molecular weight is 529 g/mol. The Kier molecular flexibility index (Phi) is 6.22. The van der Waals surface area contributed by atoms with Crippen LogP contribution in [0.3, 0.4) is 0 Å². The van der Waals surface area contributed by atoms with Crippen LogP contribution in [0.25, 0.3) is 5.57 Å². The highest BCUT2D eigenvalue weighted by Crippen LogP contribution is 2.44. The normalized spacial score (nSPS) is 23.6. The largest absolute Gasteiger partial charge is 0.871 e. The molecule has 0 radical (unpaired) electrons. The fourth-order valence-corrected chi connectivity index (χ4v) is 7.35. The summed E-state index contributed by atoms with van der Waals surface area (Å²) in [5.41, 5.74) is 10.2. The molecule has 4 heteroatoms. The fourth-order valence-electron chi connectivity index (χ4n) is 7.35. The van der Waals surface area contributed by atoms with Crippen LogP contribution in [0.4, 0.5) is 0 Å². The van der Waals surface area contributed by atoms with Crippen molar-refractivity contribution >= 4 is 17.1 Å². The van der Waals surface area contributed by atoms with Crippen molar-refractivity contribution in [2.24, 2.45) is 5.92 Å². The SMILES string of the molecule is CC1CCC2=C/C(=C3/C(=O)C(c4cc5c(n4CCc4ccccc4)C(C)CC5)=C3[O-])[N+](CCc3ccccc3)=C21. The van der Waals surface area contributed by atoms with Crippen LogP contribution < -0.4 is 5.11 Å². The maximum Gasteiger partial charge on any atom is 0.216 e. The maximum atomic E-state index is 13.9. The Balaban J connectivity index is 1.27. The molecular formula is C36H36N2O2.